The number of rotatable bonds is 12. The minimum absolute atomic E-state index is 0.00419. The molecule has 2 aliphatic rings. The number of hydrogen-bond acceptors (Lipinski definition) is 2. The van der Waals surface area contributed by atoms with Gasteiger partial charge in [0.15, 0.2) is 0 Å². The summed E-state index contributed by atoms with van der Waals surface area (Å²) in [7, 11) is 0. The molecular formula is C49H58N2. The van der Waals surface area contributed by atoms with Crippen LogP contribution in [0.1, 0.15) is 103 Å². The first-order chi connectivity index (χ1) is 24.8. The Kier molecular flexibility index (Phi) is 13.1. The molecule has 3 aromatic carbocycles. The van der Waals surface area contributed by atoms with Gasteiger partial charge in [-0.2, -0.15) is 0 Å². The zero-order valence-corrected chi connectivity index (χ0v) is 32.1. The lowest BCUT2D eigenvalue weighted by atomic mass is 9.65. The number of allylic oxidation sites excluding steroid dienone is 14. The Morgan fingerprint density at radius 1 is 0.667 bits per heavy atom. The van der Waals surface area contributed by atoms with E-state index in [1.807, 2.05) is 0 Å². The maximum Gasteiger partial charge on any atom is 0.0461 e. The predicted octanol–water partition coefficient (Wildman–Crippen LogP) is 14.3. The SMILES string of the molecule is C\C=C/C(=C\C=C\C)N(C1=CCC=C(C)C=C1)c1ccc(C2(c3ccc(N(/C(=C/C=C(C)C)CC)c4ccc(C)cc4)cc3)CCCCC2)cc1. The summed E-state index contributed by atoms with van der Waals surface area (Å²) in [6.07, 6.45) is 32.4. The normalized spacial score (nSPS) is 16.5. The van der Waals surface area contributed by atoms with Crippen LogP contribution in [-0.2, 0) is 5.41 Å². The fourth-order valence-electron chi connectivity index (χ4n) is 7.45. The van der Waals surface area contributed by atoms with Gasteiger partial charge in [0.1, 0.15) is 0 Å². The maximum atomic E-state index is 2.43. The van der Waals surface area contributed by atoms with E-state index in [1.54, 1.807) is 0 Å². The Hall–Kier alpha value is -4.82. The summed E-state index contributed by atoms with van der Waals surface area (Å²) < 4.78 is 0. The molecule has 1 saturated carbocycles. The molecule has 0 unspecified atom stereocenters. The van der Waals surface area contributed by atoms with Gasteiger partial charge in [-0.3, -0.25) is 0 Å². The molecule has 0 atom stereocenters. The van der Waals surface area contributed by atoms with Crippen molar-refractivity contribution in [2.24, 2.45) is 0 Å². The molecule has 0 heterocycles. The number of nitrogens with zero attached hydrogens (tertiary/aromatic N) is 2. The monoisotopic (exact) mass is 674 g/mol. The lowest BCUT2D eigenvalue weighted by molar-refractivity contribution is 0.346. The van der Waals surface area contributed by atoms with E-state index in [9.17, 15) is 0 Å². The fraction of sp³-hybridized carbons (Fsp3) is 0.306. The van der Waals surface area contributed by atoms with Crippen molar-refractivity contribution in [2.75, 3.05) is 9.80 Å². The second kappa shape index (κ2) is 17.9. The van der Waals surface area contributed by atoms with E-state index >= 15 is 0 Å². The van der Waals surface area contributed by atoms with Gasteiger partial charge in [-0.05, 0) is 139 Å². The van der Waals surface area contributed by atoms with Crippen molar-refractivity contribution >= 4 is 17.1 Å². The van der Waals surface area contributed by atoms with Crippen LogP contribution in [0.4, 0.5) is 17.1 Å². The minimum Gasteiger partial charge on any atom is -0.314 e. The molecule has 0 aliphatic heterocycles. The smallest absolute Gasteiger partial charge is 0.0461 e. The first kappa shape index (κ1) is 37.4. The topological polar surface area (TPSA) is 6.48 Å². The van der Waals surface area contributed by atoms with E-state index in [1.165, 1.54) is 88.4 Å². The number of anilines is 3. The van der Waals surface area contributed by atoms with E-state index < -0.39 is 0 Å². The van der Waals surface area contributed by atoms with Gasteiger partial charge in [0.05, 0.1) is 0 Å². The Balaban J connectivity index is 1.55. The van der Waals surface area contributed by atoms with Gasteiger partial charge in [-0.25, -0.2) is 0 Å². The standard InChI is InChI=1S/C49H58N2/c1-8-11-18-44(16-9-2)51(45-19-15-17-39(6)21-29-45)48-34-26-42(27-35-48)49(36-13-12-14-37-49)41-24-32-47(33-25-41)50(43(10-3)28-20-38(4)5)46-30-22-40(7)23-31-46/h8-9,11,16-35H,10,12-15,36-37H2,1-7H3/b11-8+,16-9-,43-28+,44-18+. The Morgan fingerprint density at radius 3 is 1.80 bits per heavy atom. The van der Waals surface area contributed by atoms with E-state index in [0.29, 0.717) is 0 Å². The molecule has 0 spiro atoms. The summed E-state index contributed by atoms with van der Waals surface area (Å²) >= 11 is 0. The Morgan fingerprint density at radius 2 is 1.25 bits per heavy atom. The van der Waals surface area contributed by atoms with Crippen LogP contribution in [0, 0.1) is 6.92 Å². The molecule has 0 bridgehead atoms. The van der Waals surface area contributed by atoms with Crippen molar-refractivity contribution in [1.82, 2.24) is 0 Å². The average molecular weight is 675 g/mol. The highest BCUT2D eigenvalue weighted by molar-refractivity contribution is 5.70. The summed E-state index contributed by atoms with van der Waals surface area (Å²) in [6.45, 7) is 15.1. The molecule has 1 fully saturated rings. The molecule has 5 rings (SSSR count). The molecule has 3 aromatic rings. The molecule has 51 heavy (non-hydrogen) atoms. The van der Waals surface area contributed by atoms with Crippen molar-refractivity contribution < 1.29 is 0 Å². The van der Waals surface area contributed by atoms with Gasteiger partial charge in [-0.1, -0.05) is 122 Å². The lowest BCUT2D eigenvalue weighted by Crippen LogP contribution is -2.30. The third-order valence-corrected chi connectivity index (χ3v) is 10.2. The molecule has 2 aliphatic carbocycles. The minimum atomic E-state index is -0.00419. The van der Waals surface area contributed by atoms with Crippen LogP contribution in [0.15, 0.2) is 168 Å². The third-order valence-electron chi connectivity index (χ3n) is 10.2. The van der Waals surface area contributed by atoms with Gasteiger partial charge in [0.25, 0.3) is 0 Å². The first-order valence-electron chi connectivity index (χ1n) is 19.0. The molecule has 0 aromatic heterocycles. The van der Waals surface area contributed by atoms with Crippen LogP contribution in [0.2, 0.25) is 0 Å². The molecule has 0 saturated heterocycles. The van der Waals surface area contributed by atoms with Gasteiger partial charge >= 0.3 is 0 Å². The zero-order chi connectivity index (χ0) is 36.2. The summed E-state index contributed by atoms with van der Waals surface area (Å²) in [5.74, 6) is 0. The summed E-state index contributed by atoms with van der Waals surface area (Å²) in [4.78, 5) is 4.82. The molecule has 264 valence electrons. The highest BCUT2D eigenvalue weighted by Crippen LogP contribution is 2.46. The van der Waals surface area contributed by atoms with Gasteiger partial charge < -0.3 is 9.80 Å². The van der Waals surface area contributed by atoms with Gasteiger partial charge in [-0.15, -0.1) is 0 Å². The molecule has 2 nitrogen and oxygen atoms in total. The van der Waals surface area contributed by atoms with E-state index in [4.69, 9.17) is 0 Å². The largest absolute Gasteiger partial charge is 0.314 e. The number of aryl methyl sites for hydroxylation is 1. The molecule has 0 amide bonds. The quantitative estimate of drug-likeness (QED) is 0.176. The molecular weight excluding hydrogens is 617 g/mol. The number of hydrogen-bond donors (Lipinski definition) is 0. The van der Waals surface area contributed by atoms with Crippen LogP contribution in [0.5, 0.6) is 0 Å². The van der Waals surface area contributed by atoms with Crippen molar-refractivity contribution in [3.05, 3.63) is 185 Å². The third kappa shape index (κ3) is 9.11. The average Bonchev–Trinajstić information content (AvgIpc) is 3.37. The van der Waals surface area contributed by atoms with E-state index in [-0.39, 0.29) is 5.41 Å². The van der Waals surface area contributed by atoms with Crippen molar-refractivity contribution in [1.29, 1.82) is 0 Å². The van der Waals surface area contributed by atoms with Crippen molar-refractivity contribution in [3.63, 3.8) is 0 Å². The molecule has 0 N–H and O–H groups in total. The van der Waals surface area contributed by atoms with E-state index in [2.05, 4.69) is 198 Å². The second-order valence-electron chi connectivity index (χ2n) is 14.3. The highest BCUT2D eigenvalue weighted by Gasteiger charge is 2.36. The van der Waals surface area contributed by atoms with Crippen LogP contribution in [-0.4, -0.2) is 0 Å². The van der Waals surface area contributed by atoms with Crippen molar-refractivity contribution in [3.8, 4) is 0 Å². The van der Waals surface area contributed by atoms with E-state index in [0.717, 1.165) is 18.5 Å². The Labute approximate surface area is 309 Å². The van der Waals surface area contributed by atoms with Gasteiger partial charge in [0.2, 0.25) is 0 Å². The maximum absolute atomic E-state index is 2.43. The zero-order valence-electron chi connectivity index (χ0n) is 32.1. The van der Waals surface area contributed by atoms with Crippen LogP contribution in [0.3, 0.4) is 0 Å². The fourth-order valence-corrected chi connectivity index (χ4v) is 7.45. The van der Waals surface area contributed by atoms with Gasteiger partial charge in [0, 0.05) is 39.6 Å². The summed E-state index contributed by atoms with van der Waals surface area (Å²) in [5, 5.41) is 0. The second-order valence-corrected chi connectivity index (χ2v) is 14.3. The number of benzene rings is 3. The Bertz CT molecular complexity index is 1840. The van der Waals surface area contributed by atoms with Crippen molar-refractivity contribution in [2.45, 2.75) is 98.8 Å². The predicted molar refractivity (Wildman–Crippen MR) is 224 cm³/mol. The highest BCUT2D eigenvalue weighted by atomic mass is 15.2. The van der Waals surface area contributed by atoms with Crippen LogP contribution in [0.25, 0.3) is 0 Å². The molecule has 2 heteroatoms. The lowest BCUT2D eigenvalue weighted by Gasteiger charge is -2.39. The van der Waals surface area contributed by atoms with Crippen LogP contribution >= 0.6 is 0 Å². The van der Waals surface area contributed by atoms with Crippen LogP contribution < -0.4 is 9.80 Å². The first-order valence-corrected chi connectivity index (χ1v) is 19.0. The summed E-state index contributed by atoms with van der Waals surface area (Å²) in [6, 6.07) is 27.9. The summed E-state index contributed by atoms with van der Waals surface area (Å²) in [5.41, 5.74) is 13.9. The molecule has 0 radical (unpaired) electrons.